The van der Waals surface area contributed by atoms with Crippen LogP contribution in [0.2, 0.25) is 0 Å². The van der Waals surface area contributed by atoms with Crippen LogP contribution in [0, 0.1) is 0 Å². The lowest BCUT2D eigenvalue weighted by Crippen LogP contribution is -2.12. The summed E-state index contributed by atoms with van der Waals surface area (Å²) in [5.74, 6) is 2.33. The minimum atomic E-state index is 0.537. The average Bonchev–Trinajstić information content (AvgIpc) is 2.76. The van der Waals surface area contributed by atoms with E-state index in [1.54, 1.807) is 0 Å². The van der Waals surface area contributed by atoms with E-state index >= 15 is 0 Å². The Bertz CT molecular complexity index is 844. The van der Waals surface area contributed by atoms with Crippen molar-refractivity contribution in [1.82, 2.24) is 0 Å². The van der Waals surface area contributed by atoms with E-state index in [4.69, 9.17) is 9.47 Å². The van der Waals surface area contributed by atoms with Gasteiger partial charge in [0.2, 0.25) is 0 Å². The van der Waals surface area contributed by atoms with Gasteiger partial charge >= 0.3 is 0 Å². The van der Waals surface area contributed by atoms with Crippen LogP contribution in [-0.2, 0) is 6.42 Å². The van der Waals surface area contributed by atoms with E-state index in [0.29, 0.717) is 19.1 Å². The van der Waals surface area contributed by atoms with Crippen LogP contribution in [0.3, 0.4) is 0 Å². The molecule has 152 valence electrons. The zero-order chi connectivity index (χ0) is 20.3. The summed E-state index contributed by atoms with van der Waals surface area (Å²) in [6, 6.07) is 26.9. The zero-order valence-corrected chi connectivity index (χ0v) is 17.4. The van der Waals surface area contributed by atoms with Crippen molar-refractivity contribution in [3.05, 3.63) is 90.0 Å². The number of hydrogen-bond donors (Lipinski definition) is 1. The van der Waals surface area contributed by atoms with Gasteiger partial charge in [0.1, 0.15) is 18.1 Å². The van der Waals surface area contributed by atoms with Gasteiger partial charge in [0, 0.05) is 6.54 Å². The predicted octanol–water partition coefficient (Wildman–Crippen LogP) is 6.31. The van der Waals surface area contributed by atoms with Gasteiger partial charge in [0.15, 0.2) is 0 Å². The Balaban J connectivity index is 1.40. The van der Waals surface area contributed by atoms with Crippen LogP contribution in [0.4, 0.5) is 5.69 Å². The van der Waals surface area contributed by atoms with Crippen molar-refractivity contribution in [1.29, 1.82) is 0 Å². The standard InChI is InChI=1S/C26H31NO2/c1-21(2)23-14-16-24(17-15-23)28-20-18-27-25-12-6-7-13-26(25)29-19-8-11-22-9-4-3-5-10-22/h3-7,9-10,12-17,21,27H,8,11,18-20H2,1-2H3. The highest BCUT2D eigenvalue weighted by Gasteiger charge is 2.03. The third-order valence-corrected chi connectivity index (χ3v) is 4.83. The third-order valence-electron chi connectivity index (χ3n) is 4.83. The van der Waals surface area contributed by atoms with Crippen molar-refractivity contribution < 1.29 is 9.47 Å². The maximum Gasteiger partial charge on any atom is 0.142 e. The Labute approximate surface area is 174 Å². The molecule has 0 atom stereocenters. The van der Waals surface area contributed by atoms with E-state index in [-0.39, 0.29) is 0 Å². The molecule has 0 heterocycles. The van der Waals surface area contributed by atoms with Gasteiger partial charge in [0.25, 0.3) is 0 Å². The average molecular weight is 390 g/mol. The van der Waals surface area contributed by atoms with Crippen molar-refractivity contribution in [2.24, 2.45) is 0 Å². The van der Waals surface area contributed by atoms with E-state index < -0.39 is 0 Å². The number of hydrogen-bond acceptors (Lipinski definition) is 3. The first kappa shape index (κ1) is 20.8. The largest absolute Gasteiger partial charge is 0.492 e. The van der Waals surface area contributed by atoms with Gasteiger partial charge in [-0.1, -0.05) is 68.4 Å². The lowest BCUT2D eigenvalue weighted by molar-refractivity contribution is 0.311. The number of benzene rings is 3. The lowest BCUT2D eigenvalue weighted by Gasteiger charge is -2.14. The van der Waals surface area contributed by atoms with Crippen molar-refractivity contribution in [3.63, 3.8) is 0 Å². The summed E-state index contributed by atoms with van der Waals surface area (Å²) in [5, 5.41) is 3.42. The fourth-order valence-corrected chi connectivity index (χ4v) is 3.15. The summed E-state index contributed by atoms with van der Waals surface area (Å²) in [5.41, 5.74) is 3.68. The molecule has 0 bridgehead atoms. The molecule has 0 saturated carbocycles. The quantitative estimate of drug-likeness (QED) is 0.390. The van der Waals surface area contributed by atoms with Crippen LogP contribution in [0.25, 0.3) is 0 Å². The van der Waals surface area contributed by atoms with Gasteiger partial charge in [-0.25, -0.2) is 0 Å². The molecule has 0 aliphatic heterocycles. The van der Waals surface area contributed by atoms with E-state index in [1.807, 2.05) is 42.5 Å². The van der Waals surface area contributed by atoms with Crippen LogP contribution in [0.1, 0.15) is 37.3 Å². The fourth-order valence-electron chi connectivity index (χ4n) is 3.15. The molecule has 0 aliphatic rings. The highest BCUT2D eigenvalue weighted by atomic mass is 16.5. The summed E-state index contributed by atoms with van der Waals surface area (Å²) in [6.07, 6.45) is 2.02. The highest BCUT2D eigenvalue weighted by molar-refractivity contribution is 5.56. The summed E-state index contributed by atoms with van der Waals surface area (Å²) >= 11 is 0. The molecule has 0 aliphatic carbocycles. The first-order valence-electron chi connectivity index (χ1n) is 10.4. The molecule has 3 aromatic carbocycles. The summed E-state index contributed by atoms with van der Waals surface area (Å²) in [6.45, 7) is 6.41. The van der Waals surface area contributed by atoms with Gasteiger partial charge in [-0.3, -0.25) is 0 Å². The van der Waals surface area contributed by atoms with Crippen molar-refractivity contribution in [2.75, 3.05) is 25.1 Å². The second-order valence-corrected chi connectivity index (χ2v) is 7.43. The van der Waals surface area contributed by atoms with Crippen LogP contribution < -0.4 is 14.8 Å². The zero-order valence-electron chi connectivity index (χ0n) is 17.4. The molecule has 0 fully saturated rings. The van der Waals surface area contributed by atoms with Crippen molar-refractivity contribution in [2.45, 2.75) is 32.6 Å². The number of anilines is 1. The molecule has 0 unspecified atom stereocenters. The van der Waals surface area contributed by atoms with Gasteiger partial charge in [0.05, 0.1) is 12.3 Å². The number of para-hydroxylation sites is 2. The highest BCUT2D eigenvalue weighted by Crippen LogP contribution is 2.24. The van der Waals surface area contributed by atoms with E-state index in [2.05, 4.69) is 55.6 Å². The van der Waals surface area contributed by atoms with Gasteiger partial charge in [-0.05, 0) is 54.2 Å². The number of nitrogens with one attached hydrogen (secondary N) is 1. The minimum Gasteiger partial charge on any atom is -0.492 e. The Kier molecular flexibility index (Phi) is 8.00. The smallest absolute Gasteiger partial charge is 0.142 e. The van der Waals surface area contributed by atoms with Crippen LogP contribution in [-0.4, -0.2) is 19.8 Å². The molecular formula is C26H31NO2. The maximum atomic E-state index is 6.01. The molecule has 3 nitrogen and oxygen atoms in total. The van der Waals surface area contributed by atoms with Gasteiger partial charge < -0.3 is 14.8 Å². The second-order valence-electron chi connectivity index (χ2n) is 7.43. The SMILES string of the molecule is CC(C)c1ccc(OCCNc2ccccc2OCCCc2ccccc2)cc1. The first-order valence-corrected chi connectivity index (χ1v) is 10.4. The molecule has 0 saturated heterocycles. The predicted molar refractivity (Wildman–Crippen MR) is 121 cm³/mol. The molecule has 1 N–H and O–H groups in total. The monoisotopic (exact) mass is 389 g/mol. The molecule has 3 aromatic rings. The number of rotatable bonds is 11. The molecule has 0 amide bonds. The molecule has 0 aromatic heterocycles. The van der Waals surface area contributed by atoms with E-state index in [0.717, 1.165) is 36.6 Å². The number of ether oxygens (including phenoxy) is 2. The third kappa shape index (κ3) is 6.86. The Morgan fingerprint density at radius 1 is 0.759 bits per heavy atom. The molecule has 0 radical (unpaired) electrons. The molecule has 29 heavy (non-hydrogen) atoms. The molecular weight excluding hydrogens is 358 g/mol. The lowest BCUT2D eigenvalue weighted by atomic mass is 10.0. The van der Waals surface area contributed by atoms with Crippen LogP contribution in [0.5, 0.6) is 11.5 Å². The fraction of sp³-hybridized carbons (Fsp3) is 0.308. The summed E-state index contributed by atoms with van der Waals surface area (Å²) in [7, 11) is 0. The normalized spacial score (nSPS) is 10.7. The van der Waals surface area contributed by atoms with E-state index in [9.17, 15) is 0 Å². The minimum absolute atomic E-state index is 0.537. The van der Waals surface area contributed by atoms with Crippen LogP contribution >= 0.6 is 0 Å². The molecule has 3 heteroatoms. The Morgan fingerprint density at radius 2 is 1.48 bits per heavy atom. The van der Waals surface area contributed by atoms with Crippen molar-refractivity contribution in [3.8, 4) is 11.5 Å². The van der Waals surface area contributed by atoms with Crippen molar-refractivity contribution >= 4 is 5.69 Å². The summed E-state index contributed by atoms with van der Waals surface area (Å²) in [4.78, 5) is 0. The van der Waals surface area contributed by atoms with Gasteiger partial charge in [-0.2, -0.15) is 0 Å². The Hall–Kier alpha value is -2.94. The Morgan fingerprint density at radius 3 is 2.24 bits per heavy atom. The van der Waals surface area contributed by atoms with Crippen LogP contribution in [0.15, 0.2) is 78.9 Å². The molecule has 0 spiro atoms. The van der Waals surface area contributed by atoms with Gasteiger partial charge in [-0.15, -0.1) is 0 Å². The number of aryl methyl sites for hydroxylation is 1. The van der Waals surface area contributed by atoms with E-state index in [1.165, 1.54) is 11.1 Å². The summed E-state index contributed by atoms with van der Waals surface area (Å²) < 4.78 is 11.9. The molecule has 3 rings (SSSR count). The second kappa shape index (κ2) is 11.2. The first-order chi connectivity index (χ1) is 14.2. The topological polar surface area (TPSA) is 30.5 Å². The maximum absolute atomic E-state index is 6.01.